The molecule has 5 heteroatoms. The van der Waals surface area contributed by atoms with Gasteiger partial charge in [-0.25, -0.2) is 9.37 Å². The summed E-state index contributed by atoms with van der Waals surface area (Å²) in [6, 6.07) is 5.53. The molecule has 0 aliphatic rings. The molecule has 1 amide bonds. The van der Waals surface area contributed by atoms with Gasteiger partial charge in [-0.1, -0.05) is 6.07 Å². The highest BCUT2D eigenvalue weighted by atomic mass is 32.1. The number of rotatable bonds is 3. The van der Waals surface area contributed by atoms with Crippen molar-refractivity contribution in [1.29, 1.82) is 0 Å². The predicted molar refractivity (Wildman–Crippen MR) is 73.9 cm³/mol. The molecular weight excluding hydrogens is 263 g/mol. The van der Waals surface area contributed by atoms with Crippen LogP contribution in [0.4, 0.5) is 4.39 Å². The Labute approximate surface area is 115 Å². The molecule has 19 heavy (non-hydrogen) atoms. The van der Waals surface area contributed by atoms with Crippen LogP contribution in [0.1, 0.15) is 38.9 Å². The number of thiazole rings is 1. The van der Waals surface area contributed by atoms with E-state index in [0.717, 1.165) is 15.6 Å². The van der Waals surface area contributed by atoms with E-state index < -0.39 is 5.82 Å². The number of amides is 1. The summed E-state index contributed by atoms with van der Waals surface area (Å²) in [6.45, 7) is 5.75. The third kappa shape index (κ3) is 3.17. The minimum Gasteiger partial charge on any atom is -0.345 e. The average molecular weight is 278 g/mol. The number of aryl methyl sites for hydroxylation is 2. The van der Waals surface area contributed by atoms with E-state index in [-0.39, 0.29) is 11.9 Å². The first-order chi connectivity index (χ1) is 8.97. The van der Waals surface area contributed by atoms with Crippen molar-refractivity contribution in [3.63, 3.8) is 0 Å². The quantitative estimate of drug-likeness (QED) is 0.935. The number of hydrogen-bond donors (Lipinski definition) is 1. The second-order valence-corrected chi connectivity index (χ2v) is 5.62. The van der Waals surface area contributed by atoms with Crippen LogP contribution >= 0.6 is 11.3 Å². The summed E-state index contributed by atoms with van der Waals surface area (Å²) in [7, 11) is 0. The molecule has 1 aromatic heterocycles. The van der Waals surface area contributed by atoms with Crippen LogP contribution in [0.25, 0.3) is 0 Å². The van der Waals surface area contributed by atoms with Gasteiger partial charge in [0.15, 0.2) is 0 Å². The van der Waals surface area contributed by atoms with Crippen molar-refractivity contribution in [3.05, 3.63) is 51.2 Å². The van der Waals surface area contributed by atoms with Gasteiger partial charge in [0, 0.05) is 10.4 Å². The molecule has 2 rings (SSSR count). The zero-order valence-corrected chi connectivity index (χ0v) is 11.8. The van der Waals surface area contributed by atoms with E-state index in [1.807, 2.05) is 20.8 Å². The van der Waals surface area contributed by atoms with E-state index in [1.165, 1.54) is 18.2 Å². The molecule has 100 valence electrons. The molecule has 1 atom stereocenters. The second kappa shape index (κ2) is 5.48. The normalized spacial score (nSPS) is 12.2. The lowest BCUT2D eigenvalue weighted by molar-refractivity contribution is 0.0940. The molecule has 1 heterocycles. The molecule has 0 aliphatic carbocycles. The number of aromatic nitrogens is 1. The molecule has 0 fully saturated rings. The first-order valence-corrected chi connectivity index (χ1v) is 6.79. The molecular formula is C14H15FN2OS. The van der Waals surface area contributed by atoms with Gasteiger partial charge in [0.1, 0.15) is 5.82 Å². The standard InChI is InChI=1S/C14H15FN2OS/c1-8-13(19-10(3)16-8)9(2)17-14(18)11-5-4-6-12(15)7-11/h4-7,9H,1-3H3,(H,17,18). The lowest BCUT2D eigenvalue weighted by atomic mass is 10.2. The van der Waals surface area contributed by atoms with Gasteiger partial charge in [-0.05, 0) is 39.0 Å². The van der Waals surface area contributed by atoms with E-state index in [1.54, 1.807) is 17.4 Å². The van der Waals surface area contributed by atoms with Crippen molar-refractivity contribution in [3.8, 4) is 0 Å². The number of nitrogens with zero attached hydrogens (tertiary/aromatic N) is 1. The Hall–Kier alpha value is -1.75. The molecule has 0 bridgehead atoms. The fourth-order valence-corrected chi connectivity index (χ4v) is 2.85. The topological polar surface area (TPSA) is 42.0 Å². The van der Waals surface area contributed by atoms with Gasteiger partial charge in [-0.3, -0.25) is 4.79 Å². The number of nitrogens with one attached hydrogen (secondary N) is 1. The Balaban J connectivity index is 2.13. The van der Waals surface area contributed by atoms with Gasteiger partial charge in [-0.2, -0.15) is 0 Å². The SMILES string of the molecule is Cc1nc(C)c(C(C)NC(=O)c2cccc(F)c2)s1. The first kappa shape index (κ1) is 13.7. The van der Waals surface area contributed by atoms with Crippen LogP contribution in [0.15, 0.2) is 24.3 Å². The molecule has 1 N–H and O–H groups in total. The summed E-state index contributed by atoms with van der Waals surface area (Å²) in [4.78, 5) is 17.4. The van der Waals surface area contributed by atoms with Crippen molar-refractivity contribution in [2.24, 2.45) is 0 Å². The highest BCUT2D eigenvalue weighted by molar-refractivity contribution is 7.11. The predicted octanol–water partition coefficient (Wildman–Crippen LogP) is 3.39. The van der Waals surface area contributed by atoms with Crippen LogP contribution in [0.2, 0.25) is 0 Å². The van der Waals surface area contributed by atoms with E-state index in [0.29, 0.717) is 5.56 Å². The van der Waals surface area contributed by atoms with Gasteiger partial charge >= 0.3 is 0 Å². The molecule has 0 spiro atoms. The van der Waals surface area contributed by atoms with Crippen molar-refractivity contribution in [2.45, 2.75) is 26.8 Å². The third-order valence-electron chi connectivity index (χ3n) is 2.77. The fourth-order valence-electron chi connectivity index (χ4n) is 1.92. The molecule has 1 aromatic carbocycles. The van der Waals surface area contributed by atoms with Crippen LogP contribution < -0.4 is 5.32 Å². The minimum absolute atomic E-state index is 0.137. The lowest BCUT2D eigenvalue weighted by Gasteiger charge is -2.13. The monoisotopic (exact) mass is 278 g/mol. The van der Waals surface area contributed by atoms with Gasteiger partial charge in [-0.15, -0.1) is 11.3 Å². The van der Waals surface area contributed by atoms with Crippen LogP contribution in [-0.2, 0) is 0 Å². The maximum absolute atomic E-state index is 13.1. The number of carbonyl (C=O) groups is 1. The Morgan fingerprint density at radius 3 is 2.74 bits per heavy atom. The molecule has 0 radical (unpaired) electrons. The molecule has 0 saturated carbocycles. The van der Waals surface area contributed by atoms with Crippen molar-refractivity contribution in [1.82, 2.24) is 10.3 Å². The third-order valence-corrected chi connectivity index (χ3v) is 4.02. The van der Waals surface area contributed by atoms with Gasteiger partial charge in [0.25, 0.3) is 5.91 Å². The summed E-state index contributed by atoms with van der Waals surface area (Å²) >= 11 is 1.56. The summed E-state index contributed by atoms with van der Waals surface area (Å²) in [6.07, 6.45) is 0. The number of halogens is 1. The maximum atomic E-state index is 13.1. The van der Waals surface area contributed by atoms with Crippen LogP contribution in [0.5, 0.6) is 0 Å². The zero-order valence-electron chi connectivity index (χ0n) is 11.0. The van der Waals surface area contributed by atoms with Crippen LogP contribution in [-0.4, -0.2) is 10.9 Å². The van der Waals surface area contributed by atoms with E-state index in [4.69, 9.17) is 0 Å². The fraction of sp³-hybridized carbons (Fsp3) is 0.286. The smallest absolute Gasteiger partial charge is 0.251 e. The maximum Gasteiger partial charge on any atom is 0.251 e. The van der Waals surface area contributed by atoms with E-state index in [2.05, 4.69) is 10.3 Å². The summed E-state index contributed by atoms with van der Waals surface area (Å²) in [5.41, 5.74) is 1.25. The Bertz CT molecular complexity index is 609. The molecule has 3 nitrogen and oxygen atoms in total. The summed E-state index contributed by atoms with van der Waals surface area (Å²) in [5.74, 6) is -0.692. The highest BCUT2D eigenvalue weighted by Gasteiger charge is 2.16. The van der Waals surface area contributed by atoms with Gasteiger partial charge in [0.05, 0.1) is 16.7 Å². The first-order valence-electron chi connectivity index (χ1n) is 5.97. The zero-order chi connectivity index (χ0) is 14.0. The largest absolute Gasteiger partial charge is 0.345 e. The Morgan fingerprint density at radius 2 is 2.16 bits per heavy atom. The highest BCUT2D eigenvalue weighted by Crippen LogP contribution is 2.24. The van der Waals surface area contributed by atoms with Crippen LogP contribution in [0.3, 0.4) is 0 Å². The number of hydrogen-bond acceptors (Lipinski definition) is 3. The Morgan fingerprint density at radius 1 is 1.42 bits per heavy atom. The Kier molecular flexibility index (Phi) is 3.95. The molecule has 2 aromatic rings. The average Bonchev–Trinajstić information content (AvgIpc) is 2.68. The lowest BCUT2D eigenvalue weighted by Crippen LogP contribution is -2.26. The van der Waals surface area contributed by atoms with E-state index >= 15 is 0 Å². The van der Waals surface area contributed by atoms with Crippen molar-refractivity contribution < 1.29 is 9.18 Å². The second-order valence-electron chi connectivity index (χ2n) is 4.39. The van der Waals surface area contributed by atoms with Gasteiger partial charge in [0.2, 0.25) is 0 Å². The van der Waals surface area contributed by atoms with Crippen LogP contribution in [0, 0.1) is 19.7 Å². The summed E-state index contributed by atoms with van der Waals surface area (Å²) < 4.78 is 13.1. The molecule has 1 unspecified atom stereocenters. The van der Waals surface area contributed by atoms with E-state index in [9.17, 15) is 9.18 Å². The molecule has 0 saturated heterocycles. The van der Waals surface area contributed by atoms with Crippen molar-refractivity contribution >= 4 is 17.2 Å². The van der Waals surface area contributed by atoms with Crippen molar-refractivity contribution in [2.75, 3.05) is 0 Å². The number of benzene rings is 1. The number of carbonyl (C=O) groups excluding carboxylic acids is 1. The molecule has 0 aliphatic heterocycles. The van der Waals surface area contributed by atoms with Gasteiger partial charge < -0.3 is 5.32 Å². The summed E-state index contributed by atoms with van der Waals surface area (Å²) in [5, 5.41) is 3.83. The minimum atomic E-state index is -0.412.